The molecule has 0 aliphatic carbocycles. The number of methoxy groups -OCH3 is 1. The Morgan fingerprint density at radius 3 is 1.87 bits per heavy atom. The number of carbonyl (C=O) groups is 2. The molecule has 0 heterocycles. The second-order valence-electron chi connectivity index (χ2n) is 4.78. The van der Waals surface area contributed by atoms with Gasteiger partial charge in [-0.25, -0.2) is 9.59 Å². The summed E-state index contributed by atoms with van der Waals surface area (Å²) in [6.07, 6.45) is 1.11. The lowest BCUT2D eigenvalue weighted by Crippen LogP contribution is -2.04. The Morgan fingerprint density at radius 1 is 1.09 bits per heavy atom. The van der Waals surface area contributed by atoms with Gasteiger partial charge in [-0.05, 0) is 26.3 Å². The lowest BCUT2D eigenvalue weighted by Gasteiger charge is -2.03. The molecule has 0 radical (unpaired) electrons. The summed E-state index contributed by atoms with van der Waals surface area (Å²) >= 11 is 0. The van der Waals surface area contributed by atoms with E-state index in [9.17, 15) is 9.59 Å². The van der Waals surface area contributed by atoms with Gasteiger partial charge in [0.2, 0.25) is 0 Å². The molecular formula is C19H26O4. The quantitative estimate of drug-likeness (QED) is 0.473. The van der Waals surface area contributed by atoms with Crippen molar-refractivity contribution < 1.29 is 19.1 Å². The van der Waals surface area contributed by atoms with Crippen LogP contribution in [0.15, 0.2) is 67.3 Å². The monoisotopic (exact) mass is 318 g/mol. The fourth-order valence-electron chi connectivity index (χ4n) is 0.930. The number of esters is 2. The topological polar surface area (TPSA) is 52.6 Å². The van der Waals surface area contributed by atoms with Crippen LogP contribution in [-0.4, -0.2) is 19.0 Å². The molecule has 1 aromatic carbocycles. The number of carbonyl (C=O) groups excluding carboxylic acids is 2. The summed E-state index contributed by atoms with van der Waals surface area (Å²) < 4.78 is 9.09. The first kappa shape index (κ1) is 22.7. The summed E-state index contributed by atoms with van der Waals surface area (Å²) in [5, 5.41) is 0. The SMILES string of the molecule is C=C(C)C.C=C(C)C(=O)OCc1ccccc1.C=CC(=O)OC. The van der Waals surface area contributed by atoms with Crippen molar-refractivity contribution in [2.75, 3.05) is 7.11 Å². The van der Waals surface area contributed by atoms with Crippen molar-refractivity contribution in [3.63, 3.8) is 0 Å². The van der Waals surface area contributed by atoms with E-state index in [4.69, 9.17) is 4.74 Å². The Labute approximate surface area is 139 Å². The maximum Gasteiger partial charge on any atom is 0.333 e. The Kier molecular flexibility index (Phi) is 14.1. The first-order chi connectivity index (χ1) is 10.7. The minimum atomic E-state index is -0.394. The molecule has 1 aromatic rings. The number of benzene rings is 1. The fourth-order valence-corrected chi connectivity index (χ4v) is 0.930. The maximum atomic E-state index is 11.0. The summed E-state index contributed by atoms with van der Waals surface area (Å²) in [5.74, 6) is -0.737. The molecule has 0 atom stereocenters. The first-order valence-corrected chi connectivity index (χ1v) is 6.93. The zero-order chi connectivity index (χ0) is 18.3. The molecule has 4 nitrogen and oxygen atoms in total. The van der Waals surface area contributed by atoms with Gasteiger partial charge in [0, 0.05) is 11.6 Å². The molecule has 0 aliphatic rings. The average molecular weight is 318 g/mol. The Morgan fingerprint density at radius 2 is 1.57 bits per heavy atom. The minimum Gasteiger partial charge on any atom is -0.466 e. The minimum absolute atomic E-state index is 0.312. The van der Waals surface area contributed by atoms with E-state index in [0.717, 1.165) is 11.6 Å². The van der Waals surface area contributed by atoms with Crippen molar-refractivity contribution >= 4 is 11.9 Å². The summed E-state index contributed by atoms with van der Waals surface area (Å²) in [6, 6.07) is 9.55. The molecule has 4 heteroatoms. The van der Waals surface area contributed by atoms with Gasteiger partial charge in [0.25, 0.3) is 0 Å². The van der Waals surface area contributed by atoms with Crippen molar-refractivity contribution in [1.82, 2.24) is 0 Å². The highest BCUT2D eigenvalue weighted by molar-refractivity contribution is 5.86. The molecule has 0 saturated heterocycles. The number of rotatable bonds is 4. The summed E-state index contributed by atoms with van der Waals surface area (Å²) in [5.41, 5.74) is 2.58. The highest BCUT2D eigenvalue weighted by Gasteiger charge is 2.02. The molecule has 0 fully saturated rings. The van der Waals surface area contributed by atoms with Crippen LogP contribution in [0.2, 0.25) is 0 Å². The van der Waals surface area contributed by atoms with Crippen LogP contribution in [0, 0.1) is 0 Å². The standard InChI is InChI=1S/C11H12O2.C4H6O2.C4H8/c1-9(2)11(12)13-8-10-6-4-3-5-7-10;1-3-4(5)6-2;1-4(2)3/h3-7H,1,8H2,2H3;3H,1H2,2H3;1H2,2-3H3. The molecule has 0 N–H and O–H groups in total. The van der Waals surface area contributed by atoms with Crippen LogP contribution in [0.3, 0.4) is 0 Å². The van der Waals surface area contributed by atoms with E-state index in [2.05, 4.69) is 24.5 Å². The third-order valence-electron chi connectivity index (χ3n) is 1.93. The van der Waals surface area contributed by atoms with Crippen LogP contribution in [0.25, 0.3) is 0 Å². The zero-order valence-electron chi connectivity index (χ0n) is 14.4. The predicted octanol–water partition coefficient (Wildman–Crippen LogP) is 4.23. The lowest BCUT2D eigenvalue weighted by molar-refractivity contribution is -0.140. The van der Waals surface area contributed by atoms with Gasteiger partial charge in [0.15, 0.2) is 0 Å². The van der Waals surface area contributed by atoms with E-state index in [1.165, 1.54) is 12.7 Å². The first-order valence-electron chi connectivity index (χ1n) is 6.93. The molecule has 0 bridgehead atoms. The van der Waals surface area contributed by atoms with E-state index in [1.54, 1.807) is 6.92 Å². The largest absolute Gasteiger partial charge is 0.466 e. The second-order valence-corrected chi connectivity index (χ2v) is 4.78. The summed E-state index contributed by atoms with van der Waals surface area (Å²) in [6.45, 7) is 16.1. The smallest absolute Gasteiger partial charge is 0.333 e. The molecule has 0 amide bonds. The Balaban J connectivity index is 0. The van der Waals surface area contributed by atoms with E-state index < -0.39 is 5.97 Å². The number of allylic oxidation sites excluding steroid dienone is 1. The van der Waals surface area contributed by atoms with Gasteiger partial charge in [0.1, 0.15) is 6.61 Å². The van der Waals surface area contributed by atoms with Crippen molar-refractivity contribution in [3.8, 4) is 0 Å². The van der Waals surface area contributed by atoms with Crippen LogP contribution in [-0.2, 0) is 25.7 Å². The molecule has 0 aromatic heterocycles. The number of ether oxygens (including phenoxy) is 2. The molecule has 0 spiro atoms. The second kappa shape index (κ2) is 14.3. The van der Waals surface area contributed by atoms with E-state index in [-0.39, 0.29) is 5.97 Å². The third-order valence-corrected chi connectivity index (χ3v) is 1.93. The van der Waals surface area contributed by atoms with Crippen molar-refractivity contribution in [2.45, 2.75) is 27.4 Å². The van der Waals surface area contributed by atoms with Crippen LogP contribution in [0.4, 0.5) is 0 Å². The summed E-state index contributed by atoms with van der Waals surface area (Å²) in [7, 11) is 1.31. The van der Waals surface area contributed by atoms with Crippen LogP contribution in [0.5, 0.6) is 0 Å². The van der Waals surface area contributed by atoms with Crippen molar-refractivity contribution in [2.24, 2.45) is 0 Å². The molecular weight excluding hydrogens is 292 g/mol. The summed E-state index contributed by atoms with van der Waals surface area (Å²) in [4.78, 5) is 20.8. The number of hydrogen-bond donors (Lipinski definition) is 0. The van der Waals surface area contributed by atoms with Gasteiger partial charge < -0.3 is 9.47 Å². The van der Waals surface area contributed by atoms with Gasteiger partial charge in [-0.3, -0.25) is 0 Å². The van der Waals surface area contributed by atoms with Crippen LogP contribution < -0.4 is 0 Å². The van der Waals surface area contributed by atoms with Crippen LogP contribution >= 0.6 is 0 Å². The van der Waals surface area contributed by atoms with Gasteiger partial charge in [-0.15, -0.1) is 6.58 Å². The lowest BCUT2D eigenvalue weighted by atomic mass is 10.2. The van der Waals surface area contributed by atoms with E-state index >= 15 is 0 Å². The Hall–Kier alpha value is -2.62. The normalized spacial score (nSPS) is 8.17. The Bertz CT molecular complexity index is 511. The van der Waals surface area contributed by atoms with Gasteiger partial charge in [-0.1, -0.05) is 49.1 Å². The highest BCUT2D eigenvalue weighted by Crippen LogP contribution is 2.02. The average Bonchev–Trinajstić information content (AvgIpc) is 2.52. The molecule has 0 aliphatic heterocycles. The zero-order valence-corrected chi connectivity index (χ0v) is 14.4. The molecule has 0 saturated carbocycles. The third kappa shape index (κ3) is 17.3. The molecule has 1 rings (SSSR count). The molecule has 126 valence electrons. The van der Waals surface area contributed by atoms with Gasteiger partial charge in [-0.2, -0.15) is 0 Å². The number of hydrogen-bond acceptors (Lipinski definition) is 4. The maximum absolute atomic E-state index is 11.0. The fraction of sp³-hybridized carbons (Fsp3) is 0.263. The van der Waals surface area contributed by atoms with Crippen molar-refractivity contribution in [1.29, 1.82) is 0 Å². The van der Waals surface area contributed by atoms with Crippen LogP contribution in [0.1, 0.15) is 26.3 Å². The van der Waals surface area contributed by atoms with E-state index in [0.29, 0.717) is 12.2 Å². The van der Waals surface area contributed by atoms with Crippen molar-refractivity contribution in [3.05, 3.63) is 72.9 Å². The van der Waals surface area contributed by atoms with E-state index in [1.807, 2.05) is 44.2 Å². The highest BCUT2D eigenvalue weighted by atomic mass is 16.5. The van der Waals surface area contributed by atoms with Gasteiger partial charge in [0.05, 0.1) is 7.11 Å². The van der Waals surface area contributed by atoms with Gasteiger partial charge >= 0.3 is 11.9 Å². The molecule has 23 heavy (non-hydrogen) atoms. The predicted molar refractivity (Wildman–Crippen MR) is 93.8 cm³/mol. The molecule has 0 unspecified atom stereocenters.